The van der Waals surface area contributed by atoms with E-state index in [1.165, 1.54) is 24.3 Å². The van der Waals surface area contributed by atoms with Crippen molar-refractivity contribution in [3.05, 3.63) is 21.9 Å². The molecule has 4 heteroatoms. The molecular formula is C14H22N2OS. The van der Waals surface area contributed by atoms with Crippen LogP contribution < -0.4 is 5.32 Å². The minimum atomic E-state index is 0.0275. The van der Waals surface area contributed by atoms with Gasteiger partial charge >= 0.3 is 0 Å². The molecule has 1 atom stereocenters. The van der Waals surface area contributed by atoms with Crippen molar-refractivity contribution in [1.82, 2.24) is 10.2 Å². The second-order valence-corrected chi connectivity index (χ2v) is 6.44. The summed E-state index contributed by atoms with van der Waals surface area (Å²) in [4.78, 5) is 16.3. The van der Waals surface area contributed by atoms with E-state index >= 15 is 0 Å². The van der Waals surface area contributed by atoms with Crippen molar-refractivity contribution < 1.29 is 4.79 Å². The number of nitrogens with zero attached hydrogens (tertiary/aromatic N) is 1. The maximum atomic E-state index is 11.6. The molecular weight excluding hydrogens is 244 g/mol. The summed E-state index contributed by atoms with van der Waals surface area (Å²) in [6.07, 6.45) is 2.49. The number of amides is 1. The molecule has 1 aromatic rings. The predicted octanol–water partition coefficient (Wildman–Crippen LogP) is 2.90. The minimum Gasteiger partial charge on any atom is -0.354 e. The van der Waals surface area contributed by atoms with E-state index in [0.29, 0.717) is 12.0 Å². The molecule has 0 aromatic carbocycles. The molecule has 0 saturated carbocycles. The van der Waals surface area contributed by atoms with Gasteiger partial charge in [-0.05, 0) is 37.4 Å². The first-order valence-electron chi connectivity index (χ1n) is 6.67. The molecule has 2 heterocycles. The molecule has 100 valence electrons. The average Bonchev–Trinajstić information content (AvgIpc) is 2.95. The van der Waals surface area contributed by atoms with Crippen molar-refractivity contribution >= 4 is 17.2 Å². The Balaban J connectivity index is 2.10. The molecule has 1 aliphatic heterocycles. The van der Waals surface area contributed by atoms with E-state index in [-0.39, 0.29) is 5.91 Å². The van der Waals surface area contributed by atoms with E-state index in [4.69, 9.17) is 0 Å². The summed E-state index contributed by atoms with van der Waals surface area (Å²) in [5.41, 5.74) is 0. The molecule has 0 spiro atoms. The van der Waals surface area contributed by atoms with Crippen molar-refractivity contribution in [3.8, 4) is 0 Å². The first-order chi connectivity index (χ1) is 8.61. The fraction of sp³-hybridized carbons (Fsp3) is 0.643. The summed E-state index contributed by atoms with van der Waals surface area (Å²) in [5.74, 6) is 0.726. The number of likely N-dealkylation sites (tertiary alicyclic amines) is 1. The Morgan fingerprint density at radius 2 is 2.33 bits per heavy atom. The summed E-state index contributed by atoms with van der Waals surface area (Å²) in [6, 6.07) is 4.60. The van der Waals surface area contributed by atoms with E-state index in [1.54, 1.807) is 18.4 Å². The fourth-order valence-electron chi connectivity index (χ4n) is 2.61. The molecule has 0 unspecified atom stereocenters. The van der Waals surface area contributed by atoms with E-state index < -0.39 is 0 Å². The zero-order valence-electron chi connectivity index (χ0n) is 11.4. The minimum absolute atomic E-state index is 0.0275. The molecule has 2 rings (SSSR count). The average molecular weight is 266 g/mol. The summed E-state index contributed by atoms with van der Waals surface area (Å²) in [6.45, 7) is 6.87. The van der Waals surface area contributed by atoms with Gasteiger partial charge in [-0.3, -0.25) is 9.69 Å². The smallest absolute Gasteiger partial charge is 0.261 e. The SMILES string of the molecule is CNC(=O)c1ccc([C@H]2CCCN2CC(C)C)s1. The monoisotopic (exact) mass is 266 g/mol. The van der Waals surface area contributed by atoms with Gasteiger partial charge in [-0.1, -0.05) is 13.8 Å². The zero-order chi connectivity index (χ0) is 13.1. The Morgan fingerprint density at radius 3 is 3.00 bits per heavy atom. The van der Waals surface area contributed by atoms with Gasteiger partial charge in [0.05, 0.1) is 4.88 Å². The largest absolute Gasteiger partial charge is 0.354 e. The molecule has 3 nitrogen and oxygen atoms in total. The summed E-state index contributed by atoms with van der Waals surface area (Å²) in [5, 5.41) is 2.69. The topological polar surface area (TPSA) is 32.3 Å². The molecule has 1 aromatic heterocycles. The molecule has 1 N–H and O–H groups in total. The molecule has 0 aliphatic carbocycles. The second-order valence-electron chi connectivity index (χ2n) is 5.33. The molecule has 0 bridgehead atoms. The Morgan fingerprint density at radius 1 is 1.56 bits per heavy atom. The van der Waals surface area contributed by atoms with Gasteiger partial charge in [0.25, 0.3) is 5.91 Å². The van der Waals surface area contributed by atoms with Crippen molar-refractivity contribution in [2.24, 2.45) is 5.92 Å². The van der Waals surface area contributed by atoms with E-state index in [1.807, 2.05) is 6.07 Å². The van der Waals surface area contributed by atoms with Crippen LogP contribution in [-0.4, -0.2) is 30.9 Å². The highest BCUT2D eigenvalue weighted by Crippen LogP contribution is 2.36. The normalized spacial score (nSPS) is 20.6. The van der Waals surface area contributed by atoms with Crippen LogP contribution in [0.5, 0.6) is 0 Å². The van der Waals surface area contributed by atoms with Crippen LogP contribution in [0, 0.1) is 5.92 Å². The van der Waals surface area contributed by atoms with Crippen LogP contribution >= 0.6 is 11.3 Å². The van der Waals surface area contributed by atoms with E-state index in [0.717, 1.165) is 11.4 Å². The van der Waals surface area contributed by atoms with Crippen LogP contribution in [-0.2, 0) is 0 Å². The van der Waals surface area contributed by atoms with Crippen molar-refractivity contribution in [2.45, 2.75) is 32.7 Å². The van der Waals surface area contributed by atoms with Gasteiger partial charge in [-0.2, -0.15) is 0 Å². The standard InChI is InChI=1S/C14H22N2OS/c1-10(2)9-16-8-4-5-11(16)12-6-7-13(18-12)14(17)15-3/h6-7,10-11H,4-5,8-9H2,1-3H3,(H,15,17)/t11-/m1/s1. The van der Waals surface area contributed by atoms with Crippen LogP contribution in [0.15, 0.2) is 12.1 Å². The first-order valence-corrected chi connectivity index (χ1v) is 7.49. The molecule has 18 heavy (non-hydrogen) atoms. The zero-order valence-corrected chi connectivity index (χ0v) is 12.2. The van der Waals surface area contributed by atoms with E-state index in [9.17, 15) is 4.79 Å². The number of thiophene rings is 1. The number of rotatable bonds is 4. The summed E-state index contributed by atoms with van der Waals surface area (Å²) < 4.78 is 0. The van der Waals surface area contributed by atoms with Crippen LogP contribution in [0.2, 0.25) is 0 Å². The number of hydrogen-bond donors (Lipinski definition) is 1. The lowest BCUT2D eigenvalue weighted by atomic mass is 10.1. The Labute approximate surface area is 113 Å². The molecule has 1 aliphatic rings. The lowest BCUT2D eigenvalue weighted by Gasteiger charge is -2.25. The van der Waals surface area contributed by atoms with Crippen LogP contribution in [0.3, 0.4) is 0 Å². The summed E-state index contributed by atoms with van der Waals surface area (Å²) >= 11 is 1.64. The highest BCUT2D eigenvalue weighted by atomic mass is 32.1. The lowest BCUT2D eigenvalue weighted by Crippen LogP contribution is -2.26. The van der Waals surface area contributed by atoms with Gasteiger partial charge in [0.2, 0.25) is 0 Å². The number of hydrogen-bond acceptors (Lipinski definition) is 3. The quantitative estimate of drug-likeness (QED) is 0.909. The maximum absolute atomic E-state index is 11.6. The number of carbonyl (C=O) groups is 1. The first kappa shape index (κ1) is 13.6. The lowest BCUT2D eigenvalue weighted by molar-refractivity contribution is 0.0967. The van der Waals surface area contributed by atoms with Gasteiger partial charge in [0, 0.05) is 24.5 Å². The molecule has 1 saturated heterocycles. The van der Waals surface area contributed by atoms with Crippen molar-refractivity contribution in [2.75, 3.05) is 20.1 Å². The number of nitrogens with one attached hydrogen (secondary N) is 1. The Kier molecular flexibility index (Phi) is 4.40. The molecule has 1 amide bonds. The Bertz CT molecular complexity index is 414. The van der Waals surface area contributed by atoms with Gasteiger partial charge in [0.15, 0.2) is 0 Å². The second kappa shape index (κ2) is 5.85. The van der Waals surface area contributed by atoms with Crippen LogP contribution in [0.1, 0.15) is 47.3 Å². The molecule has 1 fully saturated rings. The van der Waals surface area contributed by atoms with Gasteiger partial charge in [-0.15, -0.1) is 11.3 Å². The van der Waals surface area contributed by atoms with Crippen molar-refractivity contribution in [1.29, 1.82) is 0 Å². The maximum Gasteiger partial charge on any atom is 0.261 e. The third-order valence-corrected chi connectivity index (χ3v) is 4.55. The highest BCUT2D eigenvalue weighted by Gasteiger charge is 2.27. The fourth-order valence-corrected chi connectivity index (χ4v) is 3.74. The molecule has 0 radical (unpaired) electrons. The van der Waals surface area contributed by atoms with Gasteiger partial charge < -0.3 is 5.32 Å². The van der Waals surface area contributed by atoms with Gasteiger partial charge in [0.1, 0.15) is 0 Å². The van der Waals surface area contributed by atoms with E-state index in [2.05, 4.69) is 30.1 Å². The van der Waals surface area contributed by atoms with Crippen LogP contribution in [0.25, 0.3) is 0 Å². The van der Waals surface area contributed by atoms with Crippen molar-refractivity contribution in [3.63, 3.8) is 0 Å². The van der Waals surface area contributed by atoms with Crippen LogP contribution in [0.4, 0.5) is 0 Å². The predicted molar refractivity (Wildman–Crippen MR) is 76.1 cm³/mol. The highest BCUT2D eigenvalue weighted by molar-refractivity contribution is 7.14. The summed E-state index contributed by atoms with van der Waals surface area (Å²) in [7, 11) is 1.68. The number of carbonyl (C=O) groups excluding carboxylic acids is 1. The Hall–Kier alpha value is -0.870. The van der Waals surface area contributed by atoms with Gasteiger partial charge in [-0.25, -0.2) is 0 Å². The third-order valence-electron chi connectivity index (χ3n) is 3.37. The third kappa shape index (κ3) is 2.93.